The quantitative estimate of drug-likeness (QED) is 0.455. The van der Waals surface area contributed by atoms with Gasteiger partial charge >= 0.3 is 0 Å². The fourth-order valence-corrected chi connectivity index (χ4v) is 2.44. The molecule has 2 rings (SSSR count). The van der Waals surface area contributed by atoms with Crippen LogP contribution in [-0.4, -0.2) is 0 Å². The highest BCUT2D eigenvalue weighted by molar-refractivity contribution is 5.09. The highest BCUT2D eigenvalue weighted by atomic mass is 14.1. The maximum absolute atomic E-state index is 2.36. The summed E-state index contributed by atoms with van der Waals surface area (Å²) in [6, 6.07) is 0. The molecule has 0 unspecified atom stereocenters. The zero-order chi connectivity index (χ0) is 11.1. The van der Waals surface area contributed by atoms with Crippen molar-refractivity contribution in [3.05, 3.63) is 48.6 Å². The van der Waals surface area contributed by atoms with Crippen molar-refractivity contribution in [2.45, 2.75) is 38.5 Å². The smallest absolute Gasteiger partial charge is 0.00533 e. The van der Waals surface area contributed by atoms with Gasteiger partial charge in [0.05, 0.1) is 0 Å². The average Bonchev–Trinajstić information content (AvgIpc) is 2.37. The minimum absolute atomic E-state index is 0.714. The molecule has 0 saturated carbocycles. The molecule has 0 aliphatic heterocycles. The highest BCUT2D eigenvalue weighted by Crippen LogP contribution is 2.20. The summed E-state index contributed by atoms with van der Waals surface area (Å²) in [6.07, 6.45) is 26.2. The van der Waals surface area contributed by atoms with Gasteiger partial charge in [-0.05, 0) is 37.5 Å². The lowest BCUT2D eigenvalue weighted by Gasteiger charge is -2.13. The molecule has 0 nitrogen and oxygen atoms in total. The Balaban J connectivity index is 1.57. The first-order valence-electron chi connectivity index (χ1n) is 6.62. The molecule has 0 fully saturated rings. The van der Waals surface area contributed by atoms with E-state index in [9.17, 15) is 0 Å². The van der Waals surface area contributed by atoms with Crippen molar-refractivity contribution in [1.29, 1.82) is 0 Å². The molecule has 0 amide bonds. The molecule has 0 heterocycles. The van der Waals surface area contributed by atoms with E-state index < -0.39 is 0 Å². The van der Waals surface area contributed by atoms with Crippen LogP contribution in [0.4, 0.5) is 0 Å². The Bertz CT molecular complexity index is 248. The van der Waals surface area contributed by atoms with E-state index in [1.165, 1.54) is 25.7 Å². The Kier molecular flexibility index (Phi) is 4.67. The number of unbranched alkanes of at least 4 members (excludes halogenated alkanes) is 1. The molecule has 0 N–H and O–H groups in total. The molecule has 0 aromatic heterocycles. The standard InChI is InChI=1S/C16H22/c1-3-9-15(10-4-1)13-7-8-14-16-11-5-2-6-12-16/h3-6,9-12,15-16H,1-2,7-8,13-14H2. The van der Waals surface area contributed by atoms with Gasteiger partial charge in [-0.3, -0.25) is 0 Å². The predicted octanol–water partition coefficient (Wildman–Crippen LogP) is 4.81. The van der Waals surface area contributed by atoms with Gasteiger partial charge in [-0.25, -0.2) is 0 Å². The topological polar surface area (TPSA) is 0 Å². The molecule has 16 heavy (non-hydrogen) atoms. The van der Waals surface area contributed by atoms with E-state index in [1.807, 2.05) is 0 Å². The normalized spacial score (nSPS) is 20.8. The molecule has 0 spiro atoms. The second-order valence-electron chi connectivity index (χ2n) is 4.80. The first-order valence-corrected chi connectivity index (χ1v) is 6.62. The van der Waals surface area contributed by atoms with Crippen molar-refractivity contribution in [3.8, 4) is 0 Å². The summed E-state index contributed by atoms with van der Waals surface area (Å²) in [5.74, 6) is 1.43. The summed E-state index contributed by atoms with van der Waals surface area (Å²) in [4.78, 5) is 0. The SMILES string of the molecule is C1=CC(CCCCC2C=CCC=C2)C=CC1. The number of hydrogen-bond acceptors (Lipinski definition) is 0. The lowest BCUT2D eigenvalue weighted by atomic mass is 9.93. The van der Waals surface area contributed by atoms with Gasteiger partial charge in [0.25, 0.3) is 0 Å². The Morgan fingerprint density at radius 1 is 0.625 bits per heavy atom. The summed E-state index contributed by atoms with van der Waals surface area (Å²) >= 11 is 0. The summed E-state index contributed by atoms with van der Waals surface area (Å²) in [7, 11) is 0. The van der Waals surface area contributed by atoms with Gasteiger partial charge in [0.1, 0.15) is 0 Å². The molecule has 2 aliphatic rings. The number of allylic oxidation sites excluding steroid dienone is 8. The lowest BCUT2D eigenvalue weighted by Crippen LogP contribution is -1.98. The van der Waals surface area contributed by atoms with Gasteiger partial charge in [-0.1, -0.05) is 61.4 Å². The van der Waals surface area contributed by atoms with Crippen molar-refractivity contribution < 1.29 is 0 Å². The van der Waals surface area contributed by atoms with Gasteiger partial charge in [0, 0.05) is 0 Å². The zero-order valence-electron chi connectivity index (χ0n) is 10.0. The maximum atomic E-state index is 2.36. The van der Waals surface area contributed by atoms with Gasteiger partial charge in [-0.15, -0.1) is 0 Å². The van der Waals surface area contributed by atoms with E-state index in [2.05, 4.69) is 48.6 Å². The summed E-state index contributed by atoms with van der Waals surface area (Å²) in [6.45, 7) is 0. The maximum Gasteiger partial charge on any atom is -0.00533 e. The van der Waals surface area contributed by atoms with Crippen LogP contribution in [0.15, 0.2) is 48.6 Å². The molecule has 0 aromatic carbocycles. The molecule has 0 radical (unpaired) electrons. The number of hydrogen-bond donors (Lipinski definition) is 0. The van der Waals surface area contributed by atoms with E-state index in [4.69, 9.17) is 0 Å². The molecular weight excluding hydrogens is 192 g/mol. The Morgan fingerprint density at radius 3 is 1.38 bits per heavy atom. The molecule has 86 valence electrons. The number of rotatable bonds is 5. The Hall–Kier alpha value is -1.04. The van der Waals surface area contributed by atoms with E-state index in [1.54, 1.807) is 0 Å². The van der Waals surface area contributed by atoms with Crippen molar-refractivity contribution >= 4 is 0 Å². The van der Waals surface area contributed by atoms with Crippen LogP contribution in [0.25, 0.3) is 0 Å². The van der Waals surface area contributed by atoms with Gasteiger partial charge in [0.2, 0.25) is 0 Å². The monoisotopic (exact) mass is 214 g/mol. The van der Waals surface area contributed by atoms with Crippen LogP contribution in [0.3, 0.4) is 0 Å². The molecule has 0 atom stereocenters. The molecule has 0 bridgehead atoms. The molecular formula is C16H22. The van der Waals surface area contributed by atoms with Crippen LogP contribution in [0.2, 0.25) is 0 Å². The van der Waals surface area contributed by atoms with E-state index >= 15 is 0 Å². The second kappa shape index (κ2) is 6.52. The first kappa shape index (κ1) is 11.4. The Morgan fingerprint density at radius 2 is 1.00 bits per heavy atom. The first-order chi connectivity index (χ1) is 7.95. The molecule has 0 aromatic rings. The van der Waals surface area contributed by atoms with Gasteiger partial charge in [0.15, 0.2) is 0 Å². The average molecular weight is 214 g/mol. The fourth-order valence-electron chi connectivity index (χ4n) is 2.44. The van der Waals surface area contributed by atoms with Crippen LogP contribution >= 0.6 is 0 Å². The van der Waals surface area contributed by atoms with E-state index in [-0.39, 0.29) is 0 Å². The fraction of sp³-hybridized carbons (Fsp3) is 0.500. The third-order valence-electron chi connectivity index (χ3n) is 3.40. The van der Waals surface area contributed by atoms with Crippen LogP contribution in [0, 0.1) is 11.8 Å². The van der Waals surface area contributed by atoms with Crippen molar-refractivity contribution in [3.63, 3.8) is 0 Å². The third kappa shape index (κ3) is 3.84. The molecule has 0 saturated heterocycles. The van der Waals surface area contributed by atoms with E-state index in [0.717, 1.165) is 12.8 Å². The van der Waals surface area contributed by atoms with Crippen LogP contribution < -0.4 is 0 Å². The summed E-state index contributed by atoms with van der Waals surface area (Å²) in [5.41, 5.74) is 0. The van der Waals surface area contributed by atoms with Crippen LogP contribution in [0.5, 0.6) is 0 Å². The molecule has 2 aliphatic carbocycles. The van der Waals surface area contributed by atoms with Crippen LogP contribution in [-0.2, 0) is 0 Å². The van der Waals surface area contributed by atoms with E-state index in [0.29, 0.717) is 11.8 Å². The van der Waals surface area contributed by atoms with Gasteiger partial charge < -0.3 is 0 Å². The highest BCUT2D eigenvalue weighted by Gasteiger charge is 2.05. The third-order valence-corrected chi connectivity index (χ3v) is 3.40. The molecule has 0 heteroatoms. The van der Waals surface area contributed by atoms with Crippen molar-refractivity contribution in [2.75, 3.05) is 0 Å². The van der Waals surface area contributed by atoms with Crippen molar-refractivity contribution in [2.24, 2.45) is 11.8 Å². The minimum atomic E-state index is 0.714. The lowest BCUT2D eigenvalue weighted by molar-refractivity contribution is 0.560. The largest absolute Gasteiger partial charge is 0.0842 e. The summed E-state index contributed by atoms with van der Waals surface area (Å²) in [5, 5.41) is 0. The predicted molar refractivity (Wildman–Crippen MR) is 71.2 cm³/mol. The van der Waals surface area contributed by atoms with Crippen molar-refractivity contribution in [1.82, 2.24) is 0 Å². The zero-order valence-corrected chi connectivity index (χ0v) is 10.0. The summed E-state index contributed by atoms with van der Waals surface area (Å²) < 4.78 is 0. The van der Waals surface area contributed by atoms with Crippen LogP contribution in [0.1, 0.15) is 38.5 Å². The minimum Gasteiger partial charge on any atom is -0.0842 e. The second-order valence-corrected chi connectivity index (χ2v) is 4.80. The van der Waals surface area contributed by atoms with Gasteiger partial charge in [-0.2, -0.15) is 0 Å². The Labute approximate surface area is 99.4 Å².